The molecule has 1 unspecified atom stereocenters. The summed E-state index contributed by atoms with van der Waals surface area (Å²) in [5, 5.41) is 10.9. The lowest BCUT2D eigenvalue weighted by atomic mass is 10.2. The quantitative estimate of drug-likeness (QED) is 0.517. The van der Waals surface area contributed by atoms with Crippen molar-refractivity contribution >= 4 is 28.0 Å². The van der Waals surface area contributed by atoms with Crippen LogP contribution in [0.4, 0.5) is 4.79 Å². The Morgan fingerprint density at radius 3 is 2.96 bits per heavy atom. The third-order valence-electron chi connectivity index (χ3n) is 4.59. The Balaban J connectivity index is 1.49. The summed E-state index contributed by atoms with van der Waals surface area (Å²) in [6, 6.07) is 0.262. The lowest BCUT2D eigenvalue weighted by Crippen LogP contribution is -2.36. The van der Waals surface area contributed by atoms with Crippen LogP contribution in [0, 0.1) is 0 Å². The fraction of sp³-hybridized carbons (Fsp3) is 0.500. The number of nitrogens with one attached hydrogen (secondary N) is 2. The van der Waals surface area contributed by atoms with Crippen molar-refractivity contribution in [3.63, 3.8) is 0 Å². The van der Waals surface area contributed by atoms with Crippen LogP contribution in [0.5, 0.6) is 0 Å². The van der Waals surface area contributed by atoms with Crippen molar-refractivity contribution in [2.24, 2.45) is 0 Å². The van der Waals surface area contributed by atoms with Gasteiger partial charge in [0, 0.05) is 25.3 Å². The molecule has 3 aliphatic heterocycles. The Bertz CT molecular complexity index is 905. The molecule has 2 saturated heterocycles. The fourth-order valence-electron chi connectivity index (χ4n) is 3.36. The number of urea groups is 1. The smallest absolute Gasteiger partial charge is 0.347 e. The maximum Gasteiger partial charge on any atom is 0.418 e. The van der Waals surface area contributed by atoms with E-state index in [4.69, 9.17) is 4.55 Å². The van der Waals surface area contributed by atoms with E-state index in [0.717, 1.165) is 19.5 Å². The Hall–Kier alpha value is -2.48. The monoisotopic (exact) mass is 398 g/mol. The first-order valence-corrected chi connectivity index (χ1v) is 9.70. The zero-order valence-corrected chi connectivity index (χ0v) is 14.9. The molecule has 0 radical (unpaired) electrons. The van der Waals surface area contributed by atoms with E-state index in [1.807, 2.05) is 0 Å². The first-order chi connectivity index (χ1) is 12.8. The molecule has 146 valence electrons. The number of carbonyl (C=O) groups excluding carboxylic acids is 2. The molecule has 0 spiro atoms. The van der Waals surface area contributed by atoms with Crippen molar-refractivity contribution in [3.05, 3.63) is 24.0 Å². The molecule has 3 N–H and O–H groups in total. The number of fused-ring (bicyclic) bond motifs is 2. The average molecular weight is 398 g/mol. The van der Waals surface area contributed by atoms with E-state index in [1.165, 1.54) is 9.58 Å². The summed E-state index contributed by atoms with van der Waals surface area (Å²) in [4.78, 5) is 25.8. The zero-order chi connectivity index (χ0) is 19.2. The molecular weight excluding hydrogens is 380 g/mol. The number of amides is 3. The average Bonchev–Trinajstić information content (AvgIpc) is 3.32. The van der Waals surface area contributed by atoms with E-state index >= 15 is 0 Å². The Labute approximate surface area is 154 Å². The highest BCUT2D eigenvalue weighted by molar-refractivity contribution is 7.80. The lowest BCUT2D eigenvalue weighted by Gasteiger charge is -2.21. The van der Waals surface area contributed by atoms with Crippen LogP contribution in [0.25, 0.3) is 5.70 Å². The summed E-state index contributed by atoms with van der Waals surface area (Å²) < 4.78 is 36.5. The molecule has 2 bridgehead atoms. The van der Waals surface area contributed by atoms with Crippen molar-refractivity contribution < 1.29 is 26.8 Å². The molecular formula is C14H18N6O6S. The fourth-order valence-corrected chi connectivity index (χ4v) is 3.74. The van der Waals surface area contributed by atoms with E-state index in [-0.39, 0.29) is 30.7 Å². The summed E-state index contributed by atoms with van der Waals surface area (Å²) >= 11 is 0. The van der Waals surface area contributed by atoms with Crippen LogP contribution in [0.3, 0.4) is 0 Å². The second-order valence-electron chi connectivity index (χ2n) is 6.53. The minimum absolute atomic E-state index is 0.0715. The molecule has 1 aromatic rings. The van der Waals surface area contributed by atoms with E-state index in [1.54, 1.807) is 18.3 Å². The Morgan fingerprint density at radius 1 is 1.44 bits per heavy atom. The van der Waals surface area contributed by atoms with Crippen molar-refractivity contribution in [2.75, 3.05) is 26.2 Å². The first kappa shape index (κ1) is 17.9. The van der Waals surface area contributed by atoms with Crippen molar-refractivity contribution in [1.29, 1.82) is 0 Å². The number of hydrogen-bond donors (Lipinski definition) is 3. The topological polar surface area (TPSA) is 146 Å². The van der Waals surface area contributed by atoms with Crippen molar-refractivity contribution in [3.8, 4) is 0 Å². The molecule has 2 atom stereocenters. The molecule has 0 saturated carbocycles. The number of rotatable bonds is 5. The summed E-state index contributed by atoms with van der Waals surface area (Å²) in [6.45, 7) is 1.97. The summed E-state index contributed by atoms with van der Waals surface area (Å²) in [5.41, 5.74) is 0.829. The normalized spacial score (nSPS) is 25.1. The second-order valence-corrected chi connectivity index (χ2v) is 7.53. The molecule has 2 fully saturated rings. The van der Waals surface area contributed by atoms with E-state index < -0.39 is 22.5 Å². The highest BCUT2D eigenvalue weighted by atomic mass is 32.3. The predicted octanol–water partition coefficient (Wildman–Crippen LogP) is -1.33. The van der Waals surface area contributed by atoms with Gasteiger partial charge in [0.1, 0.15) is 6.04 Å². The molecule has 0 aromatic carbocycles. The Kier molecular flexibility index (Phi) is 4.38. The third kappa shape index (κ3) is 3.66. The van der Waals surface area contributed by atoms with Gasteiger partial charge in [-0.3, -0.25) is 9.35 Å². The van der Waals surface area contributed by atoms with E-state index in [2.05, 4.69) is 20.0 Å². The molecule has 12 nitrogen and oxygen atoms in total. The molecule has 27 heavy (non-hydrogen) atoms. The van der Waals surface area contributed by atoms with Gasteiger partial charge in [-0.15, -0.1) is 4.28 Å². The standard InChI is InChI=1S/C14H18N6O6S/c21-13(16-9-1-3-15-6-9)12-2-4-19(17-12)10-5-11-8-18(7-10)14(22)20(11)26-27(23,24)25/h2,4-5,9,11,15H,1,3,6-8H2,(H,16,21)(H,23,24,25)/t9-,11?/m1/s1. The SMILES string of the molecule is O=C(N[C@@H]1CCNC1)c1ccn(C2=CC3CN(C2)C(=O)N3OS(=O)(=O)O)n1. The highest BCUT2D eigenvalue weighted by Crippen LogP contribution is 2.27. The van der Waals surface area contributed by atoms with Gasteiger partial charge in [0.15, 0.2) is 5.69 Å². The molecule has 13 heteroatoms. The number of hydrogen-bond acceptors (Lipinski definition) is 7. The van der Waals surface area contributed by atoms with Gasteiger partial charge >= 0.3 is 16.4 Å². The number of hydroxylamine groups is 2. The van der Waals surface area contributed by atoms with Crippen LogP contribution >= 0.6 is 0 Å². The molecule has 3 amide bonds. The maximum absolute atomic E-state index is 12.3. The summed E-state index contributed by atoms with van der Waals surface area (Å²) in [6.07, 6.45) is 4.07. The van der Waals surface area contributed by atoms with Gasteiger partial charge in [-0.1, -0.05) is 0 Å². The zero-order valence-electron chi connectivity index (χ0n) is 14.1. The van der Waals surface area contributed by atoms with Crippen molar-refractivity contribution in [1.82, 2.24) is 30.4 Å². The molecule has 0 aliphatic carbocycles. The number of aromatic nitrogens is 2. The third-order valence-corrected chi connectivity index (χ3v) is 4.94. The van der Waals surface area contributed by atoms with Gasteiger partial charge in [0.25, 0.3) is 5.91 Å². The second kappa shape index (κ2) is 6.60. The highest BCUT2D eigenvalue weighted by Gasteiger charge is 2.43. The molecule has 1 aromatic heterocycles. The van der Waals surface area contributed by atoms with E-state index in [0.29, 0.717) is 10.8 Å². The van der Waals surface area contributed by atoms with Crippen LogP contribution in [0.15, 0.2) is 18.3 Å². The van der Waals surface area contributed by atoms with Crippen LogP contribution in [-0.2, 0) is 14.7 Å². The summed E-state index contributed by atoms with van der Waals surface area (Å²) in [7, 11) is -4.81. The molecule has 3 aliphatic rings. The van der Waals surface area contributed by atoms with Gasteiger partial charge in [0.2, 0.25) is 0 Å². The number of nitrogens with zero attached hydrogens (tertiary/aromatic N) is 4. The van der Waals surface area contributed by atoms with Gasteiger partial charge in [-0.05, 0) is 25.1 Å². The van der Waals surface area contributed by atoms with Gasteiger partial charge in [-0.25, -0.2) is 9.48 Å². The van der Waals surface area contributed by atoms with Gasteiger partial charge in [-0.2, -0.15) is 18.6 Å². The van der Waals surface area contributed by atoms with Crippen LogP contribution in [0.2, 0.25) is 0 Å². The molecule has 4 rings (SSSR count). The van der Waals surface area contributed by atoms with Crippen LogP contribution in [-0.4, -0.2) is 82.9 Å². The summed E-state index contributed by atoms with van der Waals surface area (Å²) in [5.74, 6) is -0.283. The minimum atomic E-state index is -4.81. The van der Waals surface area contributed by atoms with Gasteiger partial charge < -0.3 is 15.5 Å². The van der Waals surface area contributed by atoms with Crippen LogP contribution in [0.1, 0.15) is 16.9 Å². The maximum atomic E-state index is 12.3. The van der Waals surface area contributed by atoms with E-state index in [9.17, 15) is 18.0 Å². The number of carbonyl (C=O) groups is 2. The van der Waals surface area contributed by atoms with Crippen LogP contribution < -0.4 is 10.6 Å². The predicted molar refractivity (Wildman–Crippen MR) is 90.5 cm³/mol. The van der Waals surface area contributed by atoms with Crippen molar-refractivity contribution in [2.45, 2.75) is 18.5 Å². The Morgan fingerprint density at radius 2 is 2.26 bits per heavy atom. The minimum Gasteiger partial charge on any atom is -0.347 e. The van der Waals surface area contributed by atoms with Gasteiger partial charge in [0.05, 0.1) is 12.2 Å². The lowest BCUT2D eigenvalue weighted by molar-refractivity contribution is -0.0183. The largest absolute Gasteiger partial charge is 0.418 e. The molecule has 4 heterocycles. The first-order valence-electron chi connectivity index (χ1n) is 8.33.